The number of hydrogen-bond acceptors (Lipinski definition) is 4. The first-order chi connectivity index (χ1) is 9.80. The molecule has 5 heteroatoms. The molecule has 1 aliphatic rings. The van der Waals surface area contributed by atoms with Crippen molar-refractivity contribution in [3.8, 4) is 5.75 Å². The van der Waals surface area contributed by atoms with E-state index < -0.39 is 0 Å². The number of methoxy groups -OCH3 is 1. The van der Waals surface area contributed by atoms with E-state index >= 15 is 0 Å². The van der Waals surface area contributed by atoms with Gasteiger partial charge in [0.25, 0.3) is 0 Å². The van der Waals surface area contributed by atoms with Crippen LogP contribution < -0.4 is 4.74 Å². The topological polar surface area (TPSA) is 60.2 Å². The van der Waals surface area contributed by atoms with E-state index in [0.717, 1.165) is 43.2 Å². The first-order valence-corrected chi connectivity index (χ1v) is 6.95. The van der Waals surface area contributed by atoms with Crippen LogP contribution in [0.25, 0.3) is 0 Å². The van der Waals surface area contributed by atoms with E-state index in [-0.39, 0.29) is 6.61 Å². The van der Waals surface area contributed by atoms with E-state index in [1.165, 1.54) is 5.56 Å². The molecule has 1 aromatic carbocycles. The fourth-order valence-corrected chi connectivity index (χ4v) is 2.71. The van der Waals surface area contributed by atoms with Gasteiger partial charge in [-0.1, -0.05) is 12.1 Å². The van der Waals surface area contributed by atoms with E-state index in [4.69, 9.17) is 4.74 Å². The van der Waals surface area contributed by atoms with Gasteiger partial charge >= 0.3 is 0 Å². The van der Waals surface area contributed by atoms with Gasteiger partial charge in [0.05, 0.1) is 7.11 Å². The minimum atomic E-state index is 0.234. The summed E-state index contributed by atoms with van der Waals surface area (Å²) >= 11 is 0. The standard InChI is InChI=1S/C15H19N3O2/c1-20-13-4-2-3-11(7-13)8-14-16-17-15-9-12(10-19)5-6-18(14)15/h2-4,7,12,19H,5-6,8-10H2,1H3. The minimum absolute atomic E-state index is 0.234. The number of ether oxygens (including phenoxy) is 1. The van der Waals surface area contributed by atoms with Crippen LogP contribution in [0.4, 0.5) is 0 Å². The molecule has 2 heterocycles. The molecule has 1 atom stereocenters. The Morgan fingerprint density at radius 1 is 1.40 bits per heavy atom. The molecule has 0 spiro atoms. The van der Waals surface area contributed by atoms with Crippen molar-refractivity contribution in [1.82, 2.24) is 14.8 Å². The van der Waals surface area contributed by atoms with Gasteiger partial charge in [-0.05, 0) is 30.0 Å². The largest absolute Gasteiger partial charge is 0.497 e. The van der Waals surface area contributed by atoms with Crippen LogP contribution in [0, 0.1) is 5.92 Å². The Kier molecular flexibility index (Phi) is 3.69. The molecule has 1 unspecified atom stereocenters. The SMILES string of the molecule is COc1cccc(Cc2nnc3n2CCC(CO)C3)c1. The Labute approximate surface area is 118 Å². The van der Waals surface area contributed by atoms with Crippen molar-refractivity contribution in [3.63, 3.8) is 0 Å². The van der Waals surface area contributed by atoms with Crippen LogP contribution in [0.3, 0.4) is 0 Å². The third-order valence-electron chi connectivity index (χ3n) is 3.89. The second kappa shape index (κ2) is 5.63. The second-order valence-electron chi connectivity index (χ2n) is 5.25. The number of aliphatic hydroxyl groups excluding tert-OH is 1. The van der Waals surface area contributed by atoms with Crippen molar-refractivity contribution >= 4 is 0 Å². The lowest BCUT2D eigenvalue weighted by Crippen LogP contribution is -2.23. The highest BCUT2D eigenvalue weighted by Gasteiger charge is 2.22. The van der Waals surface area contributed by atoms with Crippen LogP contribution in [0.5, 0.6) is 5.75 Å². The first kappa shape index (κ1) is 13.1. The van der Waals surface area contributed by atoms with Gasteiger partial charge in [-0.2, -0.15) is 0 Å². The van der Waals surface area contributed by atoms with E-state index in [2.05, 4.69) is 20.8 Å². The van der Waals surface area contributed by atoms with Crippen LogP contribution in [0.1, 0.15) is 23.6 Å². The van der Waals surface area contributed by atoms with E-state index in [1.807, 2.05) is 18.2 Å². The Bertz CT molecular complexity index is 595. The lowest BCUT2D eigenvalue weighted by atomic mass is 9.99. The molecule has 5 nitrogen and oxygen atoms in total. The molecule has 2 aromatic rings. The monoisotopic (exact) mass is 273 g/mol. The van der Waals surface area contributed by atoms with Gasteiger partial charge in [0.1, 0.15) is 17.4 Å². The van der Waals surface area contributed by atoms with Gasteiger partial charge in [0, 0.05) is 26.0 Å². The molecule has 0 saturated heterocycles. The zero-order valence-electron chi connectivity index (χ0n) is 11.6. The van der Waals surface area contributed by atoms with Crippen molar-refractivity contribution in [1.29, 1.82) is 0 Å². The first-order valence-electron chi connectivity index (χ1n) is 6.95. The summed E-state index contributed by atoms with van der Waals surface area (Å²) in [6, 6.07) is 8.03. The van der Waals surface area contributed by atoms with Crippen molar-refractivity contribution in [2.75, 3.05) is 13.7 Å². The number of fused-ring (bicyclic) bond motifs is 1. The Morgan fingerprint density at radius 2 is 2.30 bits per heavy atom. The zero-order chi connectivity index (χ0) is 13.9. The third-order valence-corrected chi connectivity index (χ3v) is 3.89. The summed E-state index contributed by atoms with van der Waals surface area (Å²) in [5.74, 6) is 3.18. The van der Waals surface area contributed by atoms with Crippen molar-refractivity contribution in [2.24, 2.45) is 5.92 Å². The Balaban J connectivity index is 1.80. The normalized spacial score (nSPS) is 17.8. The molecule has 106 valence electrons. The van der Waals surface area contributed by atoms with Crippen LogP contribution in [0.15, 0.2) is 24.3 Å². The summed E-state index contributed by atoms with van der Waals surface area (Å²) < 4.78 is 7.43. The van der Waals surface area contributed by atoms with Gasteiger partial charge in [0.2, 0.25) is 0 Å². The summed E-state index contributed by atoms with van der Waals surface area (Å²) in [5.41, 5.74) is 1.17. The number of nitrogens with zero attached hydrogens (tertiary/aromatic N) is 3. The van der Waals surface area contributed by atoms with Gasteiger partial charge in [-0.3, -0.25) is 0 Å². The molecule has 1 aromatic heterocycles. The number of benzene rings is 1. The molecule has 1 N–H and O–H groups in total. The smallest absolute Gasteiger partial charge is 0.137 e. The average Bonchev–Trinajstić information content (AvgIpc) is 2.89. The highest BCUT2D eigenvalue weighted by molar-refractivity contribution is 5.30. The maximum atomic E-state index is 9.24. The van der Waals surface area contributed by atoms with Gasteiger partial charge < -0.3 is 14.4 Å². The molecule has 0 fully saturated rings. The minimum Gasteiger partial charge on any atom is -0.497 e. The Hall–Kier alpha value is -1.88. The molecule has 0 radical (unpaired) electrons. The van der Waals surface area contributed by atoms with Crippen molar-refractivity contribution < 1.29 is 9.84 Å². The average molecular weight is 273 g/mol. The summed E-state index contributed by atoms with van der Waals surface area (Å²) in [4.78, 5) is 0. The molecule has 0 saturated carbocycles. The fraction of sp³-hybridized carbons (Fsp3) is 0.467. The highest BCUT2D eigenvalue weighted by Crippen LogP contribution is 2.22. The maximum absolute atomic E-state index is 9.24. The van der Waals surface area contributed by atoms with Gasteiger partial charge in [-0.15, -0.1) is 10.2 Å². The number of aromatic nitrogens is 3. The van der Waals surface area contributed by atoms with Crippen molar-refractivity contribution in [2.45, 2.75) is 25.8 Å². The second-order valence-corrected chi connectivity index (χ2v) is 5.25. The van der Waals surface area contributed by atoms with Crippen LogP contribution in [-0.2, 0) is 19.4 Å². The predicted octanol–water partition coefficient (Wildman–Crippen LogP) is 1.43. The molecular formula is C15H19N3O2. The van der Waals surface area contributed by atoms with Crippen LogP contribution >= 0.6 is 0 Å². The zero-order valence-corrected chi connectivity index (χ0v) is 11.6. The number of aliphatic hydroxyl groups is 1. The summed E-state index contributed by atoms with van der Waals surface area (Å²) in [7, 11) is 1.67. The summed E-state index contributed by atoms with van der Waals surface area (Å²) in [6.45, 7) is 1.13. The molecular weight excluding hydrogens is 254 g/mol. The molecule has 0 amide bonds. The molecule has 3 rings (SSSR count). The highest BCUT2D eigenvalue weighted by atomic mass is 16.5. The van der Waals surface area contributed by atoms with Crippen LogP contribution in [0.2, 0.25) is 0 Å². The van der Waals surface area contributed by atoms with Gasteiger partial charge in [-0.25, -0.2) is 0 Å². The van der Waals surface area contributed by atoms with E-state index in [1.54, 1.807) is 7.11 Å². The fourth-order valence-electron chi connectivity index (χ4n) is 2.71. The maximum Gasteiger partial charge on any atom is 0.137 e. The molecule has 20 heavy (non-hydrogen) atoms. The molecule has 0 aliphatic carbocycles. The van der Waals surface area contributed by atoms with Gasteiger partial charge in [0.15, 0.2) is 0 Å². The lowest BCUT2D eigenvalue weighted by Gasteiger charge is -2.21. The van der Waals surface area contributed by atoms with Crippen molar-refractivity contribution in [3.05, 3.63) is 41.5 Å². The molecule has 0 bridgehead atoms. The lowest BCUT2D eigenvalue weighted by molar-refractivity contribution is 0.198. The number of rotatable bonds is 4. The van der Waals surface area contributed by atoms with E-state index in [0.29, 0.717) is 5.92 Å². The van der Waals surface area contributed by atoms with E-state index in [9.17, 15) is 5.11 Å². The number of hydrogen-bond donors (Lipinski definition) is 1. The summed E-state index contributed by atoms with van der Waals surface area (Å²) in [5, 5.41) is 17.8. The Morgan fingerprint density at radius 3 is 3.10 bits per heavy atom. The van der Waals surface area contributed by atoms with Crippen LogP contribution in [-0.4, -0.2) is 33.6 Å². The summed E-state index contributed by atoms with van der Waals surface area (Å²) in [6.07, 6.45) is 2.57. The predicted molar refractivity (Wildman–Crippen MR) is 74.7 cm³/mol. The third kappa shape index (κ3) is 2.54. The quantitative estimate of drug-likeness (QED) is 0.915. The molecule has 1 aliphatic heterocycles.